The summed E-state index contributed by atoms with van der Waals surface area (Å²) in [5.41, 5.74) is 2.82. The first-order chi connectivity index (χ1) is 9.19. The van der Waals surface area contributed by atoms with E-state index in [0.717, 1.165) is 22.6 Å². The lowest BCUT2D eigenvalue weighted by Gasteiger charge is -2.06. The molecule has 0 saturated carbocycles. The van der Waals surface area contributed by atoms with Crippen LogP contribution in [0.15, 0.2) is 24.3 Å². The second kappa shape index (κ2) is 5.56. The monoisotopic (exact) mass is 259 g/mol. The number of rotatable bonds is 5. The lowest BCUT2D eigenvalue weighted by Crippen LogP contribution is -2.04. The molecule has 1 aromatic heterocycles. The fourth-order valence-corrected chi connectivity index (χ4v) is 1.98. The molecule has 2 aromatic rings. The predicted octanol–water partition coefficient (Wildman–Crippen LogP) is 2.46. The number of hydrogen-bond acceptors (Lipinski definition) is 3. The van der Waals surface area contributed by atoms with E-state index < -0.39 is 0 Å². The Hall–Kier alpha value is -2.30. The summed E-state index contributed by atoms with van der Waals surface area (Å²) < 4.78 is 7.12. The van der Waals surface area contributed by atoms with E-state index in [9.17, 15) is 4.79 Å². The number of aromatic nitrogens is 2. The number of carbonyl (C=O) groups excluding carboxylic acids is 1. The third-order valence-corrected chi connectivity index (χ3v) is 2.92. The minimum atomic E-state index is 0.652. The predicted molar refractivity (Wildman–Crippen MR) is 74.3 cm³/mol. The average molecular weight is 259 g/mol. The SMILES string of the molecule is CCn1nc(-c2ccc(C)cc2OC)cc1NC=O. The number of anilines is 1. The summed E-state index contributed by atoms with van der Waals surface area (Å²) in [5, 5.41) is 7.12. The highest BCUT2D eigenvalue weighted by Crippen LogP contribution is 2.31. The van der Waals surface area contributed by atoms with Crippen LogP contribution in [-0.4, -0.2) is 23.3 Å². The van der Waals surface area contributed by atoms with Crippen LogP contribution in [-0.2, 0) is 11.3 Å². The molecule has 2 rings (SSSR count). The van der Waals surface area contributed by atoms with E-state index >= 15 is 0 Å². The number of nitrogens with one attached hydrogen (secondary N) is 1. The minimum Gasteiger partial charge on any atom is -0.496 e. The number of hydrogen-bond donors (Lipinski definition) is 1. The van der Waals surface area contributed by atoms with Gasteiger partial charge < -0.3 is 10.1 Å². The Balaban J connectivity index is 2.49. The van der Waals surface area contributed by atoms with Gasteiger partial charge >= 0.3 is 0 Å². The second-order valence-electron chi connectivity index (χ2n) is 4.20. The molecule has 0 spiro atoms. The molecule has 0 aliphatic heterocycles. The van der Waals surface area contributed by atoms with Crippen molar-refractivity contribution in [1.29, 1.82) is 0 Å². The van der Waals surface area contributed by atoms with E-state index in [1.165, 1.54) is 0 Å². The van der Waals surface area contributed by atoms with Crippen LogP contribution >= 0.6 is 0 Å². The maximum absolute atomic E-state index is 10.6. The van der Waals surface area contributed by atoms with Gasteiger partial charge in [0.1, 0.15) is 11.6 Å². The minimum absolute atomic E-state index is 0.652. The largest absolute Gasteiger partial charge is 0.496 e. The highest BCUT2D eigenvalue weighted by Gasteiger charge is 2.12. The molecule has 0 bridgehead atoms. The molecule has 5 heteroatoms. The summed E-state index contributed by atoms with van der Waals surface area (Å²) in [7, 11) is 1.64. The Bertz CT molecular complexity index is 590. The lowest BCUT2D eigenvalue weighted by atomic mass is 10.1. The third-order valence-electron chi connectivity index (χ3n) is 2.92. The molecule has 100 valence electrons. The third kappa shape index (κ3) is 2.59. The summed E-state index contributed by atoms with van der Waals surface area (Å²) in [6, 6.07) is 7.79. The molecular formula is C14H17N3O2. The van der Waals surface area contributed by atoms with Gasteiger partial charge in [0.15, 0.2) is 0 Å². The van der Waals surface area contributed by atoms with Gasteiger partial charge in [0, 0.05) is 18.2 Å². The van der Waals surface area contributed by atoms with Gasteiger partial charge in [0.05, 0.1) is 12.8 Å². The topological polar surface area (TPSA) is 56.1 Å². The van der Waals surface area contributed by atoms with Crippen LogP contribution in [0.25, 0.3) is 11.3 Å². The number of carbonyl (C=O) groups is 1. The normalized spacial score (nSPS) is 10.3. The standard InChI is InChI=1S/C14H17N3O2/c1-4-17-14(15-9-18)8-12(16-17)11-6-5-10(2)7-13(11)19-3/h5-9H,4H2,1-3H3,(H,15,18). The molecular weight excluding hydrogens is 242 g/mol. The maximum Gasteiger partial charge on any atom is 0.212 e. The molecule has 0 saturated heterocycles. The first-order valence-electron chi connectivity index (χ1n) is 6.12. The van der Waals surface area contributed by atoms with Crippen LogP contribution < -0.4 is 10.1 Å². The molecule has 1 amide bonds. The van der Waals surface area contributed by atoms with Crippen LogP contribution in [0.4, 0.5) is 5.82 Å². The molecule has 5 nitrogen and oxygen atoms in total. The van der Waals surface area contributed by atoms with Crippen LogP contribution in [0.1, 0.15) is 12.5 Å². The summed E-state index contributed by atoms with van der Waals surface area (Å²) in [5.74, 6) is 1.45. The molecule has 0 aliphatic carbocycles. The van der Waals surface area contributed by atoms with E-state index in [-0.39, 0.29) is 0 Å². The Morgan fingerprint density at radius 1 is 1.42 bits per heavy atom. The Morgan fingerprint density at radius 3 is 2.84 bits per heavy atom. The van der Waals surface area contributed by atoms with Gasteiger partial charge in [0.2, 0.25) is 6.41 Å². The van der Waals surface area contributed by atoms with Gasteiger partial charge in [-0.25, -0.2) is 4.68 Å². The van der Waals surface area contributed by atoms with Gasteiger partial charge in [-0.05, 0) is 31.5 Å². The van der Waals surface area contributed by atoms with Gasteiger partial charge in [-0.1, -0.05) is 6.07 Å². The van der Waals surface area contributed by atoms with E-state index in [1.54, 1.807) is 11.8 Å². The van der Waals surface area contributed by atoms with Crippen molar-refractivity contribution in [2.24, 2.45) is 0 Å². The number of nitrogens with zero attached hydrogens (tertiary/aromatic N) is 2. The zero-order valence-corrected chi connectivity index (χ0v) is 11.3. The van der Waals surface area contributed by atoms with Crippen LogP contribution in [0.2, 0.25) is 0 Å². The van der Waals surface area contributed by atoms with Crippen LogP contribution in [0.3, 0.4) is 0 Å². The summed E-state index contributed by atoms with van der Waals surface area (Å²) in [4.78, 5) is 10.6. The summed E-state index contributed by atoms with van der Waals surface area (Å²) >= 11 is 0. The number of methoxy groups -OCH3 is 1. The van der Waals surface area contributed by atoms with E-state index in [1.807, 2.05) is 38.1 Å². The van der Waals surface area contributed by atoms with Gasteiger partial charge in [0.25, 0.3) is 0 Å². The highest BCUT2D eigenvalue weighted by atomic mass is 16.5. The average Bonchev–Trinajstić information content (AvgIpc) is 2.82. The number of benzene rings is 1. The molecule has 19 heavy (non-hydrogen) atoms. The number of amides is 1. The van der Waals surface area contributed by atoms with Gasteiger partial charge in [-0.3, -0.25) is 4.79 Å². The molecule has 1 aromatic carbocycles. The first-order valence-corrected chi connectivity index (χ1v) is 6.12. The van der Waals surface area contributed by atoms with Crippen LogP contribution in [0.5, 0.6) is 5.75 Å². The maximum atomic E-state index is 10.6. The zero-order chi connectivity index (χ0) is 13.8. The quantitative estimate of drug-likeness (QED) is 0.839. The van der Waals surface area contributed by atoms with Crippen molar-refractivity contribution in [3.05, 3.63) is 29.8 Å². The van der Waals surface area contributed by atoms with Crippen molar-refractivity contribution >= 4 is 12.2 Å². The number of aryl methyl sites for hydroxylation is 2. The van der Waals surface area contributed by atoms with Crippen molar-refractivity contribution in [2.75, 3.05) is 12.4 Å². The first kappa shape index (κ1) is 13.1. The van der Waals surface area contributed by atoms with Crippen molar-refractivity contribution in [3.63, 3.8) is 0 Å². The Morgan fingerprint density at radius 2 is 2.21 bits per heavy atom. The molecule has 0 radical (unpaired) electrons. The van der Waals surface area contributed by atoms with Gasteiger partial charge in [-0.15, -0.1) is 0 Å². The molecule has 0 aliphatic rings. The van der Waals surface area contributed by atoms with E-state index in [4.69, 9.17) is 4.74 Å². The fraction of sp³-hybridized carbons (Fsp3) is 0.286. The molecule has 0 fully saturated rings. The van der Waals surface area contributed by atoms with Crippen molar-refractivity contribution in [2.45, 2.75) is 20.4 Å². The summed E-state index contributed by atoms with van der Waals surface area (Å²) in [6.45, 7) is 4.67. The van der Waals surface area contributed by atoms with E-state index in [2.05, 4.69) is 10.4 Å². The zero-order valence-electron chi connectivity index (χ0n) is 11.3. The molecule has 1 heterocycles. The second-order valence-corrected chi connectivity index (χ2v) is 4.20. The molecule has 0 unspecified atom stereocenters. The number of ether oxygens (including phenoxy) is 1. The molecule has 0 atom stereocenters. The smallest absolute Gasteiger partial charge is 0.212 e. The van der Waals surface area contributed by atoms with E-state index in [0.29, 0.717) is 18.8 Å². The van der Waals surface area contributed by atoms with Gasteiger partial charge in [-0.2, -0.15) is 5.10 Å². The van der Waals surface area contributed by atoms with Crippen molar-refractivity contribution in [3.8, 4) is 17.0 Å². The molecule has 1 N–H and O–H groups in total. The highest BCUT2D eigenvalue weighted by molar-refractivity contribution is 5.75. The Kier molecular flexibility index (Phi) is 3.85. The van der Waals surface area contributed by atoms with Crippen molar-refractivity contribution < 1.29 is 9.53 Å². The Labute approximate surface area is 112 Å². The fourth-order valence-electron chi connectivity index (χ4n) is 1.98. The van der Waals surface area contributed by atoms with Crippen molar-refractivity contribution in [1.82, 2.24) is 9.78 Å². The lowest BCUT2D eigenvalue weighted by molar-refractivity contribution is -0.105. The van der Waals surface area contributed by atoms with Crippen LogP contribution in [0, 0.1) is 6.92 Å². The summed E-state index contributed by atoms with van der Waals surface area (Å²) in [6.07, 6.45) is 0.652.